The normalized spacial score (nSPS) is 12.1. The molecule has 0 saturated carbocycles. The zero-order chi connectivity index (χ0) is 13.2. The average Bonchev–Trinajstić information content (AvgIpc) is 2.40. The van der Waals surface area contributed by atoms with Crippen LogP contribution < -0.4 is 0 Å². The molecule has 3 heteroatoms. The van der Waals surface area contributed by atoms with E-state index in [1.54, 1.807) is 0 Å². The number of rotatable bonds is 8. The van der Waals surface area contributed by atoms with Crippen molar-refractivity contribution in [3.8, 4) is 0 Å². The minimum absolute atomic E-state index is 0.248. The molecule has 1 unspecified atom stereocenters. The number of esters is 1. The van der Waals surface area contributed by atoms with Gasteiger partial charge in [0.2, 0.25) is 0 Å². The molecule has 0 spiro atoms. The smallest absolute Gasteiger partial charge is 0.335 e. The van der Waals surface area contributed by atoms with Gasteiger partial charge in [-0.15, -0.1) is 0 Å². The van der Waals surface area contributed by atoms with Crippen molar-refractivity contribution in [2.45, 2.75) is 45.8 Å². The van der Waals surface area contributed by atoms with Crippen molar-refractivity contribution in [1.29, 1.82) is 0 Å². The molecular formula is C15H22O3. The van der Waals surface area contributed by atoms with E-state index in [1.807, 2.05) is 37.3 Å². The van der Waals surface area contributed by atoms with Crippen LogP contribution in [0.4, 0.5) is 0 Å². The van der Waals surface area contributed by atoms with E-state index < -0.39 is 6.10 Å². The van der Waals surface area contributed by atoms with E-state index in [1.165, 1.54) is 0 Å². The second kappa shape index (κ2) is 8.70. The lowest BCUT2D eigenvalue weighted by Crippen LogP contribution is -2.26. The van der Waals surface area contributed by atoms with Crippen molar-refractivity contribution in [3.63, 3.8) is 0 Å². The van der Waals surface area contributed by atoms with E-state index in [4.69, 9.17) is 9.47 Å². The highest BCUT2D eigenvalue weighted by Gasteiger charge is 2.19. The molecule has 0 amide bonds. The highest BCUT2D eigenvalue weighted by molar-refractivity contribution is 5.74. The predicted molar refractivity (Wildman–Crippen MR) is 71.2 cm³/mol. The van der Waals surface area contributed by atoms with Gasteiger partial charge in [-0.3, -0.25) is 0 Å². The maximum atomic E-state index is 11.7. The molecule has 0 radical (unpaired) electrons. The van der Waals surface area contributed by atoms with Crippen molar-refractivity contribution in [2.24, 2.45) is 0 Å². The molecular weight excluding hydrogens is 228 g/mol. The fourth-order valence-corrected chi connectivity index (χ4v) is 1.67. The molecule has 1 rings (SSSR count). The molecule has 0 aliphatic rings. The van der Waals surface area contributed by atoms with Crippen LogP contribution in [0.15, 0.2) is 30.3 Å². The molecule has 1 aromatic rings. The Morgan fingerprint density at radius 3 is 2.56 bits per heavy atom. The number of carbonyl (C=O) groups is 1. The molecule has 1 aromatic carbocycles. The van der Waals surface area contributed by atoms with Crippen molar-refractivity contribution in [1.82, 2.24) is 0 Å². The lowest BCUT2D eigenvalue weighted by molar-refractivity contribution is -0.158. The van der Waals surface area contributed by atoms with Crippen LogP contribution in [0.25, 0.3) is 0 Å². The van der Waals surface area contributed by atoms with E-state index in [0.29, 0.717) is 13.2 Å². The number of ether oxygens (including phenoxy) is 2. The summed E-state index contributed by atoms with van der Waals surface area (Å²) < 4.78 is 10.7. The lowest BCUT2D eigenvalue weighted by Gasteiger charge is -2.16. The lowest BCUT2D eigenvalue weighted by atomic mass is 10.1. The van der Waals surface area contributed by atoms with E-state index in [9.17, 15) is 4.79 Å². The SMILES string of the molecule is CCCCC(OCc1ccccc1)C(=O)OCC. The molecule has 18 heavy (non-hydrogen) atoms. The number of benzene rings is 1. The number of unbranched alkanes of at least 4 members (excludes halogenated alkanes) is 1. The molecule has 0 N–H and O–H groups in total. The Hall–Kier alpha value is -1.35. The molecule has 0 bridgehead atoms. The van der Waals surface area contributed by atoms with E-state index in [-0.39, 0.29) is 5.97 Å². The summed E-state index contributed by atoms with van der Waals surface area (Å²) in [5, 5.41) is 0. The van der Waals surface area contributed by atoms with E-state index in [2.05, 4.69) is 6.92 Å². The van der Waals surface area contributed by atoms with Gasteiger partial charge in [-0.1, -0.05) is 50.1 Å². The van der Waals surface area contributed by atoms with Gasteiger partial charge in [0.05, 0.1) is 13.2 Å². The first kappa shape index (κ1) is 14.7. The Labute approximate surface area is 109 Å². The van der Waals surface area contributed by atoms with Gasteiger partial charge in [-0.05, 0) is 18.9 Å². The Morgan fingerprint density at radius 1 is 1.22 bits per heavy atom. The summed E-state index contributed by atoms with van der Waals surface area (Å²) >= 11 is 0. The standard InChI is InChI=1S/C15H22O3/c1-3-5-11-14(15(16)17-4-2)18-12-13-9-7-6-8-10-13/h6-10,14H,3-5,11-12H2,1-2H3. The third-order valence-electron chi connectivity index (χ3n) is 2.66. The summed E-state index contributed by atoms with van der Waals surface area (Å²) in [6.45, 7) is 4.76. The molecule has 1 atom stereocenters. The van der Waals surface area contributed by atoms with Crippen LogP contribution in [0.5, 0.6) is 0 Å². The minimum Gasteiger partial charge on any atom is -0.464 e. The highest BCUT2D eigenvalue weighted by atomic mass is 16.6. The average molecular weight is 250 g/mol. The summed E-state index contributed by atoms with van der Waals surface area (Å²) in [7, 11) is 0. The molecule has 0 aromatic heterocycles. The van der Waals surface area contributed by atoms with Gasteiger partial charge in [-0.2, -0.15) is 0 Å². The fourth-order valence-electron chi connectivity index (χ4n) is 1.67. The van der Waals surface area contributed by atoms with Crippen LogP contribution in [0.3, 0.4) is 0 Å². The third-order valence-corrected chi connectivity index (χ3v) is 2.66. The van der Waals surface area contributed by atoms with Gasteiger partial charge >= 0.3 is 5.97 Å². The maximum Gasteiger partial charge on any atom is 0.335 e. The second-order valence-electron chi connectivity index (χ2n) is 4.18. The van der Waals surface area contributed by atoms with Crippen molar-refractivity contribution < 1.29 is 14.3 Å². The highest BCUT2D eigenvalue weighted by Crippen LogP contribution is 2.10. The molecule has 0 heterocycles. The van der Waals surface area contributed by atoms with Crippen LogP contribution in [-0.4, -0.2) is 18.7 Å². The molecule has 0 aliphatic carbocycles. The zero-order valence-electron chi connectivity index (χ0n) is 11.2. The molecule has 3 nitrogen and oxygen atoms in total. The molecule has 0 fully saturated rings. The van der Waals surface area contributed by atoms with E-state index >= 15 is 0 Å². The van der Waals surface area contributed by atoms with Crippen LogP contribution in [-0.2, 0) is 20.9 Å². The van der Waals surface area contributed by atoms with Gasteiger partial charge in [-0.25, -0.2) is 4.79 Å². The first-order valence-corrected chi connectivity index (χ1v) is 6.60. The Balaban J connectivity index is 2.47. The van der Waals surface area contributed by atoms with Gasteiger partial charge in [0.1, 0.15) is 0 Å². The van der Waals surface area contributed by atoms with Crippen molar-refractivity contribution >= 4 is 5.97 Å². The van der Waals surface area contributed by atoms with E-state index in [0.717, 1.165) is 24.8 Å². The maximum absolute atomic E-state index is 11.7. The minimum atomic E-state index is -0.440. The first-order chi connectivity index (χ1) is 8.77. The molecule has 100 valence electrons. The quantitative estimate of drug-likeness (QED) is 0.664. The Morgan fingerprint density at radius 2 is 1.94 bits per heavy atom. The summed E-state index contributed by atoms with van der Waals surface area (Å²) in [5.74, 6) is -0.248. The summed E-state index contributed by atoms with van der Waals surface area (Å²) in [5.41, 5.74) is 1.07. The topological polar surface area (TPSA) is 35.5 Å². The van der Waals surface area contributed by atoms with Crippen molar-refractivity contribution in [2.75, 3.05) is 6.61 Å². The number of carbonyl (C=O) groups excluding carboxylic acids is 1. The fraction of sp³-hybridized carbons (Fsp3) is 0.533. The van der Waals surface area contributed by atoms with Gasteiger partial charge in [0.25, 0.3) is 0 Å². The largest absolute Gasteiger partial charge is 0.464 e. The monoisotopic (exact) mass is 250 g/mol. The van der Waals surface area contributed by atoms with Gasteiger partial charge in [0.15, 0.2) is 6.10 Å². The first-order valence-electron chi connectivity index (χ1n) is 6.60. The molecule has 0 aliphatic heterocycles. The van der Waals surface area contributed by atoms with Gasteiger partial charge in [0, 0.05) is 0 Å². The third kappa shape index (κ3) is 5.32. The Kier molecular flexibility index (Phi) is 7.11. The van der Waals surface area contributed by atoms with Crippen molar-refractivity contribution in [3.05, 3.63) is 35.9 Å². The van der Waals surface area contributed by atoms with Crippen LogP contribution in [0.2, 0.25) is 0 Å². The number of hydrogen-bond donors (Lipinski definition) is 0. The van der Waals surface area contributed by atoms with Crippen LogP contribution in [0.1, 0.15) is 38.7 Å². The Bertz CT molecular complexity index is 335. The van der Waals surface area contributed by atoms with Crippen LogP contribution >= 0.6 is 0 Å². The summed E-state index contributed by atoms with van der Waals surface area (Å²) in [6, 6.07) is 9.86. The summed E-state index contributed by atoms with van der Waals surface area (Å²) in [4.78, 5) is 11.7. The predicted octanol–water partition coefficient (Wildman–Crippen LogP) is 3.33. The summed E-state index contributed by atoms with van der Waals surface area (Å²) in [6.07, 6.45) is 2.30. The second-order valence-corrected chi connectivity index (χ2v) is 4.18. The number of hydrogen-bond acceptors (Lipinski definition) is 3. The molecule has 0 saturated heterocycles. The van der Waals surface area contributed by atoms with Crippen LogP contribution in [0, 0.1) is 0 Å². The zero-order valence-corrected chi connectivity index (χ0v) is 11.2. The van der Waals surface area contributed by atoms with Gasteiger partial charge < -0.3 is 9.47 Å².